The second-order valence-electron chi connectivity index (χ2n) is 4.22. The summed E-state index contributed by atoms with van der Waals surface area (Å²) in [5, 5.41) is 15.8. The number of nitro groups is 1. The van der Waals surface area contributed by atoms with E-state index in [0.717, 1.165) is 16.9 Å². The van der Waals surface area contributed by atoms with Crippen LogP contribution in [0, 0.1) is 10.1 Å². The predicted molar refractivity (Wildman–Crippen MR) is 63.8 cm³/mol. The Kier molecular flexibility index (Phi) is 4.40. The molecule has 0 aliphatic carbocycles. The van der Waals surface area contributed by atoms with E-state index in [1.807, 2.05) is 13.8 Å². The third-order valence-corrected chi connectivity index (χ3v) is 3.03. The van der Waals surface area contributed by atoms with Gasteiger partial charge < -0.3 is 10.1 Å². The number of ether oxygens (including phenoxy) is 1. The summed E-state index contributed by atoms with van der Waals surface area (Å²) < 4.78 is 5.07. The van der Waals surface area contributed by atoms with E-state index >= 15 is 0 Å². The van der Waals surface area contributed by atoms with Crippen molar-refractivity contribution in [1.29, 1.82) is 0 Å². The third kappa shape index (κ3) is 3.88. The van der Waals surface area contributed by atoms with E-state index in [2.05, 4.69) is 5.32 Å². The number of methoxy groups -OCH3 is 1. The molecule has 0 aliphatic rings. The molecular weight excluding hydrogens is 228 g/mol. The second-order valence-corrected chi connectivity index (χ2v) is 5.11. The van der Waals surface area contributed by atoms with Gasteiger partial charge in [0.1, 0.15) is 0 Å². The Hall–Kier alpha value is -0.980. The number of hydrogen-bond acceptors (Lipinski definition) is 5. The number of hydrogen-bond donors (Lipinski definition) is 1. The monoisotopic (exact) mass is 244 g/mol. The maximum Gasteiger partial charge on any atom is 0.324 e. The molecule has 0 bridgehead atoms. The molecule has 5 nitrogen and oxygen atoms in total. The van der Waals surface area contributed by atoms with Crippen molar-refractivity contribution in [2.45, 2.75) is 25.9 Å². The molecule has 0 amide bonds. The van der Waals surface area contributed by atoms with Crippen LogP contribution < -0.4 is 5.32 Å². The molecule has 0 radical (unpaired) electrons. The van der Waals surface area contributed by atoms with Crippen molar-refractivity contribution in [2.24, 2.45) is 0 Å². The summed E-state index contributed by atoms with van der Waals surface area (Å²) in [7, 11) is 1.65. The van der Waals surface area contributed by atoms with Crippen molar-refractivity contribution in [3.8, 4) is 0 Å². The van der Waals surface area contributed by atoms with Crippen molar-refractivity contribution in [1.82, 2.24) is 5.32 Å². The Balaban J connectivity index is 2.51. The van der Waals surface area contributed by atoms with Gasteiger partial charge in [-0.1, -0.05) is 11.3 Å². The van der Waals surface area contributed by atoms with E-state index in [1.54, 1.807) is 18.6 Å². The third-order valence-electron chi connectivity index (χ3n) is 2.10. The highest BCUT2D eigenvalue weighted by Gasteiger charge is 2.17. The molecule has 1 rings (SSSR count). The van der Waals surface area contributed by atoms with E-state index in [1.165, 1.54) is 0 Å². The van der Waals surface area contributed by atoms with Crippen molar-refractivity contribution >= 4 is 16.3 Å². The van der Waals surface area contributed by atoms with Crippen LogP contribution in [0.3, 0.4) is 0 Å². The topological polar surface area (TPSA) is 64.4 Å². The molecule has 0 unspecified atom stereocenters. The zero-order valence-corrected chi connectivity index (χ0v) is 10.5. The van der Waals surface area contributed by atoms with E-state index in [-0.39, 0.29) is 15.5 Å². The normalized spacial score (nSPS) is 11.7. The molecule has 0 atom stereocenters. The molecule has 1 aromatic heterocycles. The number of nitrogens with one attached hydrogen (secondary N) is 1. The lowest BCUT2D eigenvalue weighted by molar-refractivity contribution is -0.380. The molecule has 0 aromatic carbocycles. The van der Waals surface area contributed by atoms with Crippen LogP contribution in [0.15, 0.2) is 11.4 Å². The molecule has 0 fully saturated rings. The highest BCUT2D eigenvalue weighted by atomic mass is 32.1. The molecule has 0 spiro atoms. The number of nitrogens with zero attached hydrogens (tertiary/aromatic N) is 1. The molecule has 90 valence electrons. The predicted octanol–water partition coefficient (Wildman–Crippen LogP) is 2.17. The van der Waals surface area contributed by atoms with Crippen molar-refractivity contribution in [3.63, 3.8) is 0 Å². The van der Waals surface area contributed by atoms with E-state index in [4.69, 9.17) is 4.74 Å². The number of rotatable bonds is 6. The molecule has 1 N–H and O–H groups in total. The van der Waals surface area contributed by atoms with Crippen molar-refractivity contribution < 1.29 is 9.66 Å². The smallest absolute Gasteiger partial charge is 0.324 e. The molecule has 0 saturated heterocycles. The van der Waals surface area contributed by atoms with Crippen LogP contribution in [-0.2, 0) is 11.3 Å². The fourth-order valence-electron chi connectivity index (χ4n) is 1.30. The van der Waals surface area contributed by atoms with Crippen LogP contribution in [0.1, 0.15) is 19.4 Å². The van der Waals surface area contributed by atoms with Crippen molar-refractivity contribution in [2.75, 3.05) is 13.7 Å². The highest BCUT2D eigenvalue weighted by molar-refractivity contribution is 7.13. The first-order chi connectivity index (χ1) is 7.44. The summed E-state index contributed by atoms with van der Waals surface area (Å²) in [6, 6.07) is 1.60. The zero-order chi connectivity index (χ0) is 12.2. The van der Waals surface area contributed by atoms with Crippen LogP contribution in [0.2, 0.25) is 0 Å². The van der Waals surface area contributed by atoms with E-state index < -0.39 is 0 Å². The van der Waals surface area contributed by atoms with E-state index in [0.29, 0.717) is 13.2 Å². The van der Waals surface area contributed by atoms with Gasteiger partial charge in [0.25, 0.3) is 0 Å². The average molecular weight is 244 g/mol. The van der Waals surface area contributed by atoms with Crippen LogP contribution in [0.5, 0.6) is 0 Å². The molecule has 1 aromatic rings. The fraction of sp³-hybridized carbons (Fsp3) is 0.600. The Morgan fingerprint density at radius 3 is 2.81 bits per heavy atom. The lowest BCUT2D eigenvalue weighted by Gasteiger charge is -2.25. The second kappa shape index (κ2) is 5.38. The highest BCUT2D eigenvalue weighted by Crippen LogP contribution is 2.22. The first-order valence-corrected chi connectivity index (χ1v) is 5.78. The van der Waals surface area contributed by atoms with Crippen LogP contribution in [0.4, 0.5) is 5.00 Å². The summed E-state index contributed by atoms with van der Waals surface area (Å²) in [6.07, 6.45) is 0. The summed E-state index contributed by atoms with van der Waals surface area (Å²) in [4.78, 5) is 10.1. The lowest BCUT2D eigenvalue weighted by Crippen LogP contribution is -2.42. The van der Waals surface area contributed by atoms with Gasteiger partial charge in [-0.25, -0.2) is 0 Å². The number of thiophene rings is 1. The van der Waals surface area contributed by atoms with Gasteiger partial charge in [-0.2, -0.15) is 0 Å². The van der Waals surface area contributed by atoms with Crippen molar-refractivity contribution in [3.05, 3.63) is 27.1 Å². The molecule has 0 saturated carbocycles. The fourth-order valence-corrected chi connectivity index (χ4v) is 2.03. The maximum atomic E-state index is 10.5. The SMILES string of the molecule is COCC(C)(C)NCc1csc([N+](=O)[O-])c1. The Bertz CT molecular complexity index is 363. The zero-order valence-electron chi connectivity index (χ0n) is 9.65. The molecule has 0 aliphatic heterocycles. The standard InChI is InChI=1S/C10H16N2O3S/c1-10(2,7-15-3)11-5-8-4-9(12(13)14)16-6-8/h4,6,11H,5,7H2,1-3H3. The quantitative estimate of drug-likeness (QED) is 0.615. The molecular formula is C10H16N2O3S. The van der Waals surface area contributed by atoms with Gasteiger partial charge in [0, 0.05) is 30.6 Å². The summed E-state index contributed by atoms with van der Waals surface area (Å²) >= 11 is 1.15. The van der Waals surface area contributed by atoms with Gasteiger partial charge in [-0.05, 0) is 19.4 Å². The Labute approximate surface area is 98.6 Å². The van der Waals surface area contributed by atoms with Crippen LogP contribution in [0.25, 0.3) is 0 Å². The summed E-state index contributed by atoms with van der Waals surface area (Å²) in [5.74, 6) is 0. The summed E-state index contributed by atoms with van der Waals surface area (Å²) in [6.45, 7) is 5.26. The Morgan fingerprint density at radius 1 is 1.62 bits per heavy atom. The molecule has 16 heavy (non-hydrogen) atoms. The average Bonchev–Trinajstić information content (AvgIpc) is 2.63. The first-order valence-electron chi connectivity index (χ1n) is 4.90. The minimum absolute atomic E-state index is 0.133. The van der Waals surface area contributed by atoms with E-state index in [9.17, 15) is 10.1 Å². The molecule has 1 heterocycles. The van der Waals surface area contributed by atoms with Gasteiger partial charge in [0.15, 0.2) is 0 Å². The van der Waals surface area contributed by atoms with Crippen LogP contribution >= 0.6 is 11.3 Å². The van der Waals surface area contributed by atoms with Gasteiger partial charge in [0.2, 0.25) is 0 Å². The van der Waals surface area contributed by atoms with Crippen LogP contribution in [-0.4, -0.2) is 24.2 Å². The maximum absolute atomic E-state index is 10.5. The minimum atomic E-state index is -0.367. The van der Waals surface area contributed by atoms with Gasteiger partial charge in [-0.15, -0.1) is 0 Å². The molecule has 6 heteroatoms. The Morgan fingerprint density at radius 2 is 2.31 bits per heavy atom. The van der Waals surface area contributed by atoms with Gasteiger partial charge >= 0.3 is 5.00 Å². The minimum Gasteiger partial charge on any atom is -0.383 e. The van der Waals surface area contributed by atoms with Gasteiger partial charge in [-0.3, -0.25) is 10.1 Å². The summed E-state index contributed by atoms with van der Waals surface area (Å²) in [5.41, 5.74) is 0.798. The largest absolute Gasteiger partial charge is 0.383 e. The van der Waals surface area contributed by atoms with Gasteiger partial charge in [0.05, 0.1) is 11.5 Å². The first kappa shape index (κ1) is 13.1. The lowest BCUT2D eigenvalue weighted by atomic mass is 10.1.